The van der Waals surface area contributed by atoms with Crippen molar-refractivity contribution in [2.75, 3.05) is 27.4 Å². The maximum absolute atomic E-state index is 9.55. The van der Waals surface area contributed by atoms with Gasteiger partial charge in [-0.1, -0.05) is 48.5 Å². The lowest BCUT2D eigenvalue weighted by Gasteiger charge is -2.27. The van der Waals surface area contributed by atoms with Gasteiger partial charge in [0.05, 0.1) is 38.5 Å². The van der Waals surface area contributed by atoms with Gasteiger partial charge >= 0.3 is 0 Å². The third-order valence-electron chi connectivity index (χ3n) is 5.90. The third kappa shape index (κ3) is 5.85. The van der Waals surface area contributed by atoms with Crippen LogP contribution in [0.2, 0.25) is 0 Å². The zero-order valence-electron chi connectivity index (χ0n) is 19.7. The second-order valence-electron chi connectivity index (χ2n) is 8.28. The van der Waals surface area contributed by atoms with E-state index in [1.54, 1.807) is 21.1 Å². The summed E-state index contributed by atoms with van der Waals surface area (Å²) in [7, 11) is 3.18. The molecular formula is C27H33NO5. The van der Waals surface area contributed by atoms with Gasteiger partial charge in [0, 0.05) is 18.7 Å². The number of aliphatic hydroxyl groups is 2. The largest absolute Gasteiger partial charge is 0.496 e. The first-order valence-electron chi connectivity index (χ1n) is 10.9. The van der Waals surface area contributed by atoms with Crippen molar-refractivity contribution in [2.24, 2.45) is 0 Å². The molecule has 0 aliphatic carbocycles. The van der Waals surface area contributed by atoms with Crippen molar-refractivity contribution in [3.05, 3.63) is 77.4 Å². The van der Waals surface area contributed by atoms with Crippen molar-refractivity contribution < 1.29 is 24.4 Å². The van der Waals surface area contributed by atoms with Gasteiger partial charge in [-0.2, -0.15) is 0 Å². The topological polar surface area (TPSA) is 80.2 Å². The van der Waals surface area contributed by atoms with E-state index < -0.39 is 5.54 Å². The fourth-order valence-corrected chi connectivity index (χ4v) is 3.61. The van der Waals surface area contributed by atoms with E-state index in [0.717, 1.165) is 11.1 Å². The molecule has 0 atom stereocenters. The van der Waals surface area contributed by atoms with E-state index in [1.165, 1.54) is 16.7 Å². The number of nitrogens with one attached hydrogen (secondary N) is 1. The Morgan fingerprint density at radius 3 is 2.09 bits per heavy atom. The first-order valence-corrected chi connectivity index (χ1v) is 10.9. The van der Waals surface area contributed by atoms with Gasteiger partial charge < -0.3 is 29.7 Å². The molecule has 0 saturated carbocycles. The molecule has 0 saturated heterocycles. The second kappa shape index (κ2) is 11.2. The van der Waals surface area contributed by atoms with Gasteiger partial charge in [0.25, 0.3) is 0 Å². The predicted molar refractivity (Wildman–Crippen MR) is 130 cm³/mol. The molecule has 3 rings (SSSR count). The maximum Gasteiger partial charge on any atom is 0.130 e. The molecule has 0 bridgehead atoms. The second-order valence-corrected chi connectivity index (χ2v) is 8.28. The highest BCUT2D eigenvalue weighted by molar-refractivity contribution is 5.68. The Bertz CT molecular complexity index is 1020. The minimum Gasteiger partial charge on any atom is -0.496 e. The minimum atomic E-state index is -0.813. The van der Waals surface area contributed by atoms with Crippen LogP contribution in [0.4, 0.5) is 0 Å². The lowest BCUT2D eigenvalue weighted by Crippen LogP contribution is -2.48. The number of rotatable bonds is 11. The number of hydrogen-bond acceptors (Lipinski definition) is 6. The summed E-state index contributed by atoms with van der Waals surface area (Å²) in [4.78, 5) is 0. The van der Waals surface area contributed by atoms with Crippen LogP contribution in [0.5, 0.6) is 17.2 Å². The summed E-state index contributed by atoms with van der Waals surface area (Å²) in [6.45, 7) is 4.21. The fourth-order valence-electron chi connectivity index (χ4n) is 3.61. The number of ether oxygens (including phenoxy) is 3. The highest BCUT2D eigenvalue weighted by Gasteiger charge is 2.23. The van der Waals surface area contributed by atoms with E-state index in [1.807, 2.05) is 36.4 Å². The Labute approximate surface area is 195 Å². The van der Waals surface area contributed by atoms with E-state index in [2.05, 4.69) is 36.5 Å². The highest BCUT2D eigenvalue weighted by atomic mass is 16.5. The molecule has 0 radical (unpaired) electrons. The molecule has 0 aliphatic heterocycles. The summed E-state index contributed by atoms with van der Waals surface area (Å²) in [5.74, 6) is 1.83. The van der Waals surface area contributed by atoms with Gasteiger partial charge in [-0.3, -0.25) is 0 Å². The van der Waals surface area contributed by atoms with E-state index in [0.29, 0.717) is 30.4 Å². The van der Waals surface area contributed by atoms with Gasteiger partial charge in [0.15, 0.2) is 0 Å². The van der Waals surface area contributed by atoms with Crippen molar-refractivity contribution >= 4 is 0 Å². The summed E-state index contributed by atoms with van der Waals surface area (Å²) in [5, 5.41) is 22.3. The first-order chi connectivity index (χ1) is 15.9. The smallest absolute Gasteiger partial charge is 0.130 e. The zero-order chi connectivity index (χ0) is 23.8. The third-order valence-corrected chi connectivity index (χ3v) is 5.90. The van der Waals surface area contributed by atoms with Crippen LogP contribution in [-0.2, 0) is 13.2 Å². The molecule has 0 fully saturated rings. The zero-order valence-corrected chi connectivity index (χ0v) is 19.7. The van der Waals surface area contributed by atoms with Crippen LogP contribution in [0.3, 0.4) is 0 Å². The Kier molecular flexibility index (Phi) is 8.33. The van der Waals surface area contributed by atoms with Crippen molar-refractivity contribution in [3.8, 4) is 28.4 Å². The molecule has 3 aromatic carbocycles. The number of benzene rings is 3. The van der Waals surface area contributed by atoms with E-state index in [9.17, 15) is 10.2 Å². The molecule has 3 N–H and O–H groups in total. The average Bonchev–Trinajstić information content (AvgIpc) is 2.86. The number of hydrogen-bond donors (Lipinski definition) is 3. The van der Waals surface area contributed by atoms with Gasteiger partial charge in [0.1, 0.15) is 23.9 Å². The Balaban J connectivity index is 1.81. The van der Waals surface area contributed by atoms with Gasteiger partial charge in [-0.05, 0) is 36.1 Å². The normalized spacial score (nSPS) is 11.3. The van der Waals surface area contributed by atoms with Crippen LogP contribution >= 0.6 is 0 Å². The van der Waals surface area contributed by atoms with Crippen LogP contribution in [0.25, 0.3) is 11.1 Å². The summed E-state index contributed by atoms with van der Waals surface area (Å²) < 4.78 is 17.3. The Morgan fingerprint density at radius 2 is 1.52 bits per heavy atom. The van der Waals surface area contributed by atoms with Crippen molar-refractivity contribution in [1.82, 2.24) is 5.32 Å². The van der Waals surface area contributed by atoms with E-state index >= 15 is 0 Å². The van der Waals surface area contributed by atoms with Crippen LogP contribution in [0, 0.1) is 6.92 Å². The lowest BCUT2D eigenvalue weighted by molar-refractivity contribution is 0.102. The molecule has 3 aromatic rings. The molecule has 33 heavy (non-hydrogen) atoms. The van der Waals surface area contributed by atoms with Crippen LogP contribution < -0.4 is 19.5 Å². The van der Waals surface area contributed by atoms with E-state index in [4.69, 9.17) is 14.2 Å². The summed E-state index contributed by atoms with van der Waals surface area (Å²) >= 11 is 0. The monoisotopic (exact) mass is 451 g/mol. The SMILES string of the molecule is COc1cc(OCc2cccc(-c3ccccc3)c2C)cc(OC)c1CNC(C)(CO)CO. The molecule has 0 spiro atoms. The molecular weight excluding hydrogens is 418 g/mol. The number of methoxy groups -OCH3 is 2. The highest BCUT2D eigenvalue weighted by Crippen LogP contribution is 2.35. The molecule has 6 nitrogen and oxygen atoms in total. The van der Waals surface area contributed by atoms with Gasteiger partial charge in [-0.25, -0.2) is 0 Å². The van der Waals surface area contributed by atoms with Crippen molar-refractivity contribution in [2.45, 2.75) is 32.5 Å². The average molecular weight is 452 g/mol. The standard InChI is InChI=1S/C27H33NO5/c1-19-21(11-8-12-23(19)20-9-6-5-7-10-20)16-33-22-13-25(31-3)24(26(14-22)32-4)15-28-27(2,17-29)18-30/h5-14,28-30H,15-18H2,1-4H3. The molecule has 176 valence electrons. The van der Waals surface area contributed by atoms with Crippen molar-refractivity contribution in [3.63, 3.8) is 0 Å². The van der Waals surface area contributed by atoms with Crippen LogP contribution in [-0.4, -0.2) is 43.2 Å². The van der Waals surface area contributed by atoms with Crippen molar-refractivity contribution in [1.29, 1.82) is 0 Å². The Morgan fingerprint density at radius 1 is 0.879 bits per heavy atom. The summed E-state index contributed by atoms with van der Waals surface area (Å²) in [6, 6.07) is 20.2. The maximum atomic E-state index is 9.55. The summed E-state index contributed by atoms with van der Waals surface area (Å²) in [6.07, 6.45) is 0. The first kappa shape index (κ1) is 24.6. The fraction of sp³-hybridized carbons (Fsp3) is 0.333. The Hall–Kier alpha value is -3.06. The van der Waals surface area contributed by atoms with Gasteiger partial charge in [0.2, 0.25) is 0 Å². The molecule has 0 aliphatic rings. The van der Waals surface area contributed by atoms with Crippen LogP contribution in [0.1, 0.15) is 23.6 Å². The molecule has 0 unspecified atom stereocenters. The molecule has 6 heteroatoms. The minimum absolute atomic E-state index is 0.198. The predicted octanol–water partition coefficient (Wildman–Crippen LogP) is 4.09. The van der Waals surface area contributed by atoms with E-state index in [-0.39, 0.29) is 13.2 Å². The lowest BCUT2D eigenvalue weighted by atomic mass is 9.97. The molecule has 0 amide bonds. The molecule has 0 aromatic heterocycles. The van der Waals surface area contributed by atoms with Gasteiger partial charge in [-0.15, -0.1) is 0 Å². The molecule has 0 heterocycles. The van der Waals surface area contributed by atoms with Crippen LogP contribution in [0.15, 0.2) is 60.7 Å². The quantitative estimate of drug-likeness (QED) is 0.408. The number of aliphatic hydroxyl groups excluding tert-OH is 2. The summed E-state index contributed by atoms with van der Waals surface area (Å²) in [5.41, 5.74) is 4.60.